The van der Waals surface area contributed by atoms with Crippen LogP contribution in [0.5, 0.6) is 0 Å². The van der Waals surface area contributed by atoms with Gasteiger partial charge in [-0.1, -0.05) is 6.92 Å². The Bertz CT molecular complexity index is 296. The van der Waals surface area contributed by atoms with Gasteiger partial charge in [-0.25, -0.2) is 0 Å². The molecule has 1 N–H and O–H groups in total. The second-order valence-corrected chi connectivity index (χ2v) is 5.80. The van der Waals surface area contributed by atoms with Gasteiger partial charge in [0.05, 0.1) is 17.7 Å². The molecule has 1 unspecified atom stereocenters. The third kappa shape index (κ3) is 2.47. The Labute approximate surface area is 104 Å². The largest absolute Gasteiger partial charge is 0.372 e. The molecule has 2 aliphatic rings. The molecule has 1 atom stereocenters. The molecule has 0 aromatic heterocycles. The molecule has 0 aliphatic carbocycles. The molecule has 2 saturated heterocycles. The smallest absolute Gasteiger partial charge is 0.243 e. The number of nitrogens with zero attached hydrogens (tertiary/aromatic N) is 1. The summed E-state index contributed by atoms with van der Waals surface area (Å²) < 4.78 is 5.66. The van der Waals surface area contributed by atoms with E-state index in [4.69, 9.17) is 4.74 Å². The highest BCUT2D eigenvalue weighted by molar-refractivity contribution is 5.87. The van der Waals surface area contributed by atoms with Gasteiger partial charge in [0.15, 0.2) is 0 Å². The molecular formula is C13H24N2O2. The third-order valence-electron chi connectivity index (χ3n) is 3.97. The lowest BCUT2D eigenvalue weighted by Gasteiger charge is -2.42. The number of hydrogen-bond donors (Lipinski definition) is 1. The molecule has 2 fully saturated rings. The van der Waals surface area contributed by atoms with Gasteiger partial charge >= 0.3 is 0 Å². The Morgan fingerprint density at radius 2 is 2.24 bits per heavy atom. The monoisotopic (exact) mass is 240 g/mol. The molecule has 0 saturated carbocycles. The Balaban J connectivity index is 2.08. The predicted molar refractivity (Wildman–Crippen MR) is 66.9 cm³/mol. The third-order valence-corrected chi connectivity index (χ3v) is 3.97. The van der Waals surface area contributed by atoms with E-state index >= 15 is 0 Å². The van der Waals surface area contributed by atoms with Crippen LogP contribution >= 0.6 is 0 Å². The van der Waals surface area contributed by atoms with E-state index in [0.29, 0.717) is 13.2 Å². The quantitative estimate of drug-likeness (QED) is 0.787. The molecule has 17 heavy (non-hydrogen) atoms. The topological polar surface area (TPSA) is 41.6 Å². The first-order valence-electron chi connectivity index (χ1n) is 6.67. The van der Waals surface area contributed by atoms with E-state index in [2.05, 4.69) is 12.2 Å². The van der Waals surface area contributed by atoms with E-state index in [1.54, 1.807) is 0 Å². The van der Waals surface area contributed by atoms with Gasteiger partial charge < -0.3 is 15.0 Å². The highest BCUT2D eigenvalue weighted by Crippen LogP contribution is 2.27. The Morgan fingerprint density at radius 1 is 1.47 bits per heavy atom. The Kier molecular flexibility index (Phi) is 3.46. The van der Waals surface area contributed by atoms with E-state index in [0.717, 1.165) is 32.4 Å². The van der Waals surface area contributed by atoms with Gasteiger partial charge in [0, 0.05) is 13.1 Å². The number of morpholine rings is 1. The summed E-state index contributed by atoms with van der Waals surface area (Å²) in [5.41, 5.74) is -0.505. The van der Waals surface area contributed by atoms with Crippen LogP contribution in [0.25, 0.3) is 0 Å². The standard InChI is InChI=1S/C13H24N2O2/c1-4-13(6-5-7-14-13)11(16)15-8-9-17-12(2,3)10-15/h14H,4-10H2,1-3H3. The minimum atomic E-state index is -0.298. The average Bonchev–Trinajstić information content (AvgIpc) is 2.76. The van der Waals surface area contributed by atoms with Crippen molar-refractivity contribution in [3.8, 4) is 0 Å². The normalized spacial score (nSPS) is 32.8. The van der Waals surface area contributed by atoms with Crippen LogP contribution < -0.4 is 5.32 Å². The zero-order valence-electron chi connectivity index (χ0n) is 11.2. The molecule has 98 valence electrons. The fraction of sp³-hybridized carbons (Fsp3) is 0.923. The van der Waals surface area contributed by atoms with Crippen molar-refractivity contribution in [1.29, 1.82) is 0 Å². The van der Waals surface area contributed by atoms with E-state index in [-0.39, 0.29) is 17.0 Å². The zero-order valence-corrected chi connectivity index (χ0v) is 11.2. The van der Waals surface area contributed by atoms with Gasteiger partial charge in [-0.05, 0) is 39.7 Å². The van der Waals surface area contributed by atoms with Crippen molar-refractivity contribution in [3.63, 3.8) is 0 Å². The van der Waals surface area contributed by atoms with Crippen molar-refractivity contribution in [3.05, 3.63) is 0 Å². The number of amides is 1. The maximum atomic E-state index is 12.6. The van der Waals surface area contributed by atoms with Crippen molar-refractivity contribution >= 4 is 5.91 Å². The van der Waals surface area contributed by atoms with Crippen LogP contribution in [0, 0.1) is 0 Å². The highest BCUT2D eigenvalue weighted by atomic mass is 16.5. The summed E-state index contributed by atoms with van der Waals surface area (Å²) in [5.74, 6) is 0.272. The molecule has 0 radical (unpaired) electrons. The number of carbonyl (C=O) groups is 1. The van der Waals surface area contributed by atoms with Gasteiger partial charge in [-0.15, -0.1) is 0 Å². The number of nitrogens with one attached hydrogen (secondary N) is 1. The zero-order chi connectivity index (χ0) is 12.5. The first-order chi connectivity index (χ1) is 7.99. The lowest BCUT2D eigenvalue weighted by atomic mass is 9.91. The van der Waals surface area contributed by atoms with Crippen LogP contribution in [-0.4, -0.2) is 48.2 Å². The summed E-state index contributed by atoms with van der Waals surface area (Å²) in [6.07, 6.45) is 2.96. The molecule has 0 spiro atoms. The van der Waals surface area contributed by atoms with Crippen molar-refractivity contribution < 1.29 is 9.53 Å². The second-order valence-electron chi connectivity index (χ2n) is 5.80. The number of carbonyl (C=O) groups excluding carboxylic acids is 1. The van der Waals surface area contributed by atoms with E-state index in [1.165, 1.54) is 0 Å². The van der Waals surface area contributed by atoms with Gasteiger partial charge in [-0.3, -0.25) is 4.79 Å². The molecule has 2 heterocycles. The van der Waals surface area contributed by atoms with Crippen LogP contribution in [0.2, 0.25) is 0 Å². The fourth-order valence-corrected chi connectivity index (χ4v) is 2.93. The Morgan fingerprint density at radius 3 is 2.76 bits per heavy atom. The summed E-state index contributed by atoms with van der Waals surface area (Å²) in [6, 6.07) is 0. The maximum absolute atomic E-state index is 12.6. The maximum Gasteiger partial charge on any atom is 0.243 e. The van der Waals surface area contributed by atoms with E-state index in [1.807, 2.05) is 18.7 Å². The Hall–Kier alpha value is -0.610. The van der Waals surface area contributed by atoms with Gasteiger partial charge in [0.1, 0.15) is 0 Å². The molecule has 4 heteroatoms. The number of hydrogen-bond acceptors (Lipinski definition) is 3. The number of rotatable bonds is 2. The summed E-state index contributed by atoms with van der Waals surface area (Å²) in [4.78, 5) is 14.6. The SMILES string of the molecule is CCC1(C(=O)N2CCOC(C)(C)C2)CCCN1. The summed E-state index contributed by atoms with van der Waals surface area (Å²) in [7, 11) is 0. The molecule has 4 nitrogen and oxygen atoms in total. The fourth-order valence-electron chi connectivity index (χ4n) is 2.93. The summed E-state index contributed by atoms with van der Waals surface area (Å²) in [6.45, 7) is 9.24. The van der Waals surface area contributed by atoms with Crippen LogP contribution in [0.4, 0.5) is 0 Å². The molecule has 2 rings (SSSR count). The minimum absolute atomic E-state index is 0.207. The lowest BCUT2D eigenvalue weighted by Crippen LogP contribution is -2.60. The van der Waals surface area contributed by atoms with Crippen LogP contribution in [0.1, 0.15) is 40.0 Å². The predicted octanol–water partition coefficient (Wildman–Crippen LogP) is 1.16. The highest BCUT2D eigenvalue weighted by Gasteiger charge is 2.43. The number of ether oxygens (including phenoxy) is 1. The average molecular weight is 240 g/mol. The first kappa shape index (κ1) is 12.8. The lowest BCUT2D eigenvalue weighted by molar-refractivity contribution is -0.152. The summed E-state index contributed by atoms with van der Waals surface area (Å²) in [5, 5.41) is 3.41. The minimum Gasteiger partial charge on any atom is -0.372 e. The van der Waals surface area contributed by atoms with E-state index < -0.39 is 0 Å². The van der Waals surface area contributed by atoms with Crippen LogP contribution in [0.3, 0.4) is 0 Å². The molecular weight excluding hydrogens is 216 g/mol. The first-order valence-corrected chi connectivity index (χ1v) is 6.67. The van der Waals surface area contributed by atoms with Gasteiger partial charge in [0.25, 0.3) is 0 Å². The second kappa shape index (κ2) is 4.58. The van der Waals surface area contributed by atoms with Crippen molar-refractivity contribution in [2.24, 2.45) is 0 Å². The van der Waals surface area contributed by atoms with Gasteiger partial charge in [-0.2, -0.15) is 0 Å². The molecule has 2 aliphatic heterocycles. The molecule has 0 bridgehead atoms. The van der Waals surface area contributed by atoms with E-state index in [9.17, 15) is 4.79 Å². The molecule has 1 amide bonds. The van der Waals surface area contributed by atoms with Crippen molar-refractivity contribution in [2.45, 2.75) is 51.2 Å². The molecule has 0 aromatic rings. The van der Waals surface area contributed by atoms with Crippen molar-refractivity contribution in [2.75, 3.05) is 26.2 Å². The van der Waals surface area contributed by atoms with Crippen molar-refractivity contribution in [1.82, 2.24) is 10.2 Å². The molecule has 0 aromatic carbocycles. The van der Waals surface area contributed by atoms with Crippen LogP contribution in [-0.2, 0) is 9.53 Å². The summed E-state index contributed by atoms with van der Waals surface area (Å²) >= 11 is 0. The van der Waals surface area contributed by atoms with Crippen LogP contribution in [0.15, 0.2) is 0 Å². The van der Waals surface area contributed by atoms with Gasteiger partial charge in [0.2, 0.25) is 5.91 Å².